The number of nitrogens with zero attached hydrogens (tertiary/aromatic N) is 5. The standard InChI is InChI=1S/C25H29N5O2/c1-27(32-2)25(31)23-19-30(24-7-4-3-6-22(23)24)13-5-12-28-14-16-29(17-15-28)21-10-8-20(18-26)9-11-21/h3-4,6-11,19H,5,12-17H2,1-2H3. The summed E-state index contributed by atoms with van der Waals surface area (Å²) in [5.41, 5.74) is 3.62. The highest BCUT2D eigenvalue weighted by Crippen LogP contribution is 2.23. The molecule has 1 aromatic heterocycles. The second kappa shape index (κ2) is 9.86. The number of anilines is 1. The summed E-state index contributed by atoms with van der Waals surface area (Å²) < 4.78 is 2.18. The molecule has 0 unspecified atom stereocenters. The number of para-hydroxylation sites is 1. The fourth-order valence-corrected chi connectivity index (χ4v) is 4.30. The third-order valence-corrected chi connectivity index (χ3v) is 6.19. The average Bonchev–Trinajstić information content (AvgIpc) is 3.22. The largest absolute Gasteiger partial charge is 0.369 e. The summed E-state index contributed by atoms with van der Waals surface area (Å²) in [5, 5.41) is 11.2. The van der Waals surface area contributed by atoms with E-state index in [4.69, 9.17) is 10.1 Å². The molecule has 4 rings (SSSR count). The number of amides is 1. The van der Waals surface area contributed by atoms with Crippen LogP contribution in [-0.4, -0.2) is 67.3 Å². The molecule has 0 saturated carbocycles. The van der Waals surface area contributed by atoms with E-state index < -0.39 is 0 Å². The van der Waals surface area contributed by atoms with E-state index in [9.17, 15) is 4.79 Å². The van der Waals surface area contributed by atoms with Crippen LogP contribution in [-0.2, 0) is 11.4 Å². The van der Waals surface area contributed by atoms with Crippen molar-refractivity contribution in [3.63, 3.8) is 0 Å². The maximum Gasteiger partial charge on any atom is 0.279 e. The van der Waals surface area contributed by atoms with Crippen LogP contribution in [0.1, 0.15) is 22.3 Å². The summed E-state index contributed by atoms with van der Waals surface area (Å²) in [6.07, 6.45) is 2.97. The topological polar surface area (TPSA) is 64.7 Å². The Hall–Kier alpha value is -3.34. The molecule has 166 valence electrons. The van der Waals surface area contributed by atoms with E-state index >= 15 is 0 Å². The molecule has 0 bridgehead atoms. The zero-order chi connectivity index (χ0) is 22.5. The molecule has 1 saturated heterocycles. The van der Waals surface area contributed by atoms with E-state index in [0.717, 1.165) is 56.6 Å². The van der Waals surface area contributed by atoms with Gasteiger partial charge in [-0.05, 0) is 43.3 Å². The van der Waals surface area contributed by atoms with E-state index in [1.54, 1.807) is 7.05 Å². The van der Waals surface area contributed by atoms with Crippen molar-refractivity contribution >= 4 is 22.5 Å². The normalized spacial score (nSPS) is 14.5. The summed E-state index contributed by atoms with van der Waals surface area (Å²) in [5.74, 6) is -0.138. The molecule has 0 atom stereocenters. The Kier molecular flexibility index (Phi) is 6.74. The Morgan fingerprint density at radius 2 is 1.78 bits per heavy atom. The van der Waals surface area contributed by atoms with Gasteiger partial charge in [0.2, 0.25) is 0 Å². The molecule has 1 fully saturated rings. The molecule has 0 aliphatic carbocycles. The van der Waals surface area contributed by atoms with Gasteiger partial charge in [-0.1, -0.05) is 18.2 Å². The van der Waals surface area contributed by atoms with Crippen LogP contribution in [0.15, 0.2) is 54.7 Å². The van der Waals surface area contributed by atoms with Crippen molar-refractivity contribution in [2.45, 2.75) is 13.0 Å². The zero-order valence-electron chi connectivity index (χ0n) is 18.7. The Bertz CT molecular complexity index is 1110. The van der Waals surface area contributed by atoms with Gasteiger partial charge in [-0.25, -0.2) is 5.06 Å². The van der Waals surface area contributed by atoms with Gasteiger partial charge >= 0.3 is 0 Å². The van der Waals surface area contributed by atoms with Gasteiger partial charge in [0.15, 0.2) is 0 Å². The SMILES string of the molecule is CON(C)C(=O)c1cn(CCCN2CCN(c3ccc(C#N)cc3)CC2)c2ccccc12. The summed E-state index contributed by atoms with van der Waals surface area (Å²) in [6, 6.07) is 18.0. The van der Waals surface area contributed by atoms with Gasteiger partial charge in [-0.15, -0.1) is 0 Å². The molecule has 1 amide bonds. The number of fused-ring (bicyclic) bond motifs is 1. The molecule has 2 heterocycles. The summed E-state index contributed by atoms with van der Waals surface area (Å²) in [7, 11) is 3.13. The molecule has 1 aliphatic heterocycles. The second-order valence-corrected chi connectivity index (χ2v) is 8.08. The van der Waals surface area contributed by atoms with Crippen LogP contribution >= 0.6 is 0 Å². The first-order valence-electron chi connectivity index (χ1n) is 11.0. The molecule has 32 heavy (non-hydrogen) atoms. The van der Waals surface area contributed by atoms with E-state index in [-0.39, 0.29) is 5.91 Å². The Morgan fingerprint density at radius 1 is 1.06 bits per heavy atom. The number of carbonyl (C=O) groups is 1. The number of hydrogen-bond acceptors (Lipinski definition) is 5. The van der Waals surface area contributed by atoms with Gasteiger partial charge < -0.3 is 9.47 Å². The molecule has 7 nitrogen and oxygen atoms in total. The Morgan fingerprint density at radius 3 is 2.47 bits per heavy atom. The van der Waals surface area contributed by atoms with Crippen LogP contribution in [0.5, 0.6) is 0 Å². The quantitative estimate of drug-likeness (QED) is 0.537. The Balaban J connectivity index is 1.33. The summed E-state index contributed by atoms with van der Waals surface area (Å²) >= 11 is 0. The third kappa shape index (κ3) is 4.62. The number of rotatable bonds is 7. The fraction of sp³-hybridized carbons (Fsp3) is 0.360. The lowest BCUT2D eigenvalue weighted by Gasteiger charge is -2.36. The zero-order valence-corrected chi connectivity index (χ0v) is 18.7. The molecule has 0 radical (unpaired) electrons. The number of piperazine rings is 1. The molecule has 2 aromatic carbocycles. The molecule has 7 heteroatoms. The highest BCUT2D eigenvalue weighted by Gasteiger charge is 2.19. The van der Waals surface area contributed by atoms with Gasteiger partial charge in [0, 0.05) is 62.6 Å². The van der Waals surface area contributed by atoms with Crippen molar-refractivity contribution in [3.05, 3.63) is 65.9 Å². The van der Waals surface area contributed by atoms with Crippen LogP contribution in [0.4, 0.5) is 5.69 Å². The first-order chi connectivity index (χ1) is 15.6. The number of hydrogen-bond donors (Lipinski definition) is 0. The van der Waals surface area contributed by atoms with Crippen molar-refractivity contribution in [3.8, 4) is 6.07 Å². The van der Waals surface area contributed by atoms with Crippen molar-refractivity contribution in [2.75, 3.05) is 51.8 Å². The minimum atomic E-state index is -0.138. The van der Waals surface area contributed by atoms with E-state index in [0.29, 0.717) is 11.1 Å². The van der Waals surface area contributed by atoms with Crippen molar-refractivity contribution in [1.82, 2.24) is 14.5 Å². The van der Waals surface area contributed by atoms with Crippen LogP contribution in [0, 0.1) is 11.3 Å². The molecular weight excluding hydrogens is 402 g/mol. The average molecular weight is 432 g/mol. The molecule has 3 aromatic rings. The maximum atomic E-state index is 12.7. The van der Waals surface area contributed by atoms with Crippen molar-refractivity contribution in [2.24, 2.45) is 0 Å². The number of hydroxylamine groups is 2. The predicted molar refractivity (Wildman–Crippen MR) is 125 cm³/mol. The minimum Gasteiger partial charge on any atom is -0.369 e. The Labute approximate surface area is 188 Å². The van der Waals surface area contributed by atoms with E-state index in [2.05, 4.69) is 26.5 Å². The first kappa shape index (κ1) is 21.9. The highest BCUT2D eigenvalue weighted by atomic mass is 16.7. The number of aryl methyl sites for hydroxylation is 1. The molecule has 1 aliphatic rings. The third-order valence-electron chi connectivity index (χ3n) is 6.19. The lowest BCUT2D eigenvalue weighted by Crippen LogP contribution is -2.46. The van der Waals surface area contributed by atoms with Gasteiger partial charge in [0.05, 0.1) is 24.3 Å². The molecular formula is C25H29N5O2. The highest BCUT2D eigenvalue weighted by molar-refractivity contribution is 6.06. The number of aromatic nitrogens is 1. The van der Waals surface area contributed by atoms with Gasteiger partial charge in [0.1, 0.15) is 0 Å². The monoisotopic (exact) mass is 431 g/mol. The minimum absolute atomic E-state index is 0.138. The van der Waals surface area contributed by atoms with Gasteiger partial charge in [-0.3, -0.25) is 14.5 Å². The smallest absolute Gasteiger partial charge is 0.279 e. The van der Waals surface area contributed by atoms with E-state index in [1.807, 2.05) is 48.7 Å². The predicted octanol–water partition coefficient (Wildman–Crippen LogP) is 3.36. The number of nitriles is 1. The second-order valence-electron chi connectivity index (χ2n) is 8.08. The fourth-order valence-electron chi connectivity index (χ4n) is 4.30. The van der Waals surface area contributed by atoms with Crippen LogP contribution < -0.4 is 4.90 Å². The lowest BCUT2D eigenvalue weighted by molar-refractivity contribution is -0.0755. The number of benzene rings is 2. The maximum absolute atomic E-state index is 12.7. The summed E-state index contributed by atoms with van der Waals surface area (Å²) in [6.45, 7) is 5.90. The first-order valence-corrected chi connectivity index (χ1v) is 11.0. The van der Waals surface area contributed by atoms with Gasteiger partial charge in [-0.2, -0.15) is 5.26 Å². The van der Waals surface area contributed by atoms with Gasteiger partial charge in [0.25, 0.3) is 5.91 Å². The molecule has 0 spiro atoms. The number of carbonyl (C=O) groups excluding carboxylic acids is 1. The van der Waals surface area contributed by atoms with E-state index in [1.165, 1.54) is 17.9 Å². The lowest BCUT2D eigenvalue weighted by atomic mass is 10.1. The van der Waals surface area contributed by atoms with Crippen LogP contribution in [0.3, 0.4) is 0 Å². The summed E-state index contributed by atoms with van der Waals surface area (Å²) in [4.78, 5) is 22.6. The van der Waals surface area contributed by atoms with Crippen molar-refractivity contribution in [1.29, 1.82) is 5.26 Å². The molecule has 0 N–H and O–H groups in total. The van der Waals surface area contributed by atoms with Crippen LogP contribution in [0.25, 0.3) is 10.9 Å². The van der Waals surface area contributed by atoms with Crippen LogP contribution in [0.2, 0.25) is 0 Å². The van der Waals surface area contributed by atoms with Crippen molar-refractivity contribution < 1.29 is 9.63 Å².